The number of nitrogens with one attached hydrogen (secondary N) is 1. The Bertz CT molecular complexity index is 1320. The van der Waals surface area contributed by atoms with Crippen LogP contribution < -0.4 is 10.2 Å². The number of amides is 2. The summed E-state index contributed by atoms with van der Waals surface area (Å²) in [6.07, 6.45) is 4.91. The molecule has 1 saturated heterocycles. The van der Waals surface area contributed by atoms with Gasteiger partial charge in [-0.25, -0.2) is 18.9 Å². The molecule has 1 fully saturated rings. The molecule has 2 aliphatic rings. The number of rotatable bonds is 5. The maximum absolute atomic E-state index is 13.6. The van der Waals surface area contributed by atoms with E-state index >= 15 is 0 Å². The number of halogens is 2. The summed E-state index contributed by atoms with van der Waals surface area (Å²) in [6, 6.07) is 8.66. The van der Waals surface area contributed by atoms with E-state index < -0.39 is 11.8 Å². The molecule has 2 amide bonds. The molecule has 186 valence electrons. The summed E-state index contributed by atoms with van der Waals surface area (Å²) < 4.78 is 27.2. The molecule has 0 bridgehead atoms. The first kappa shape index (κ1) is 24.2. The molecule has 36 heavy (non-hydrogen) atoms. The summed E-state index contributed by atoms with van der Waals surface area (Å²) in [4.78, 5) is 19.0. The van der Waals surface area contributed by atoms with E-state index in [1.165, 1.54) is 35.4 Å². The van der Waals surface area contributed by atoms with Crippen LogP contribution in [0.25, 0.3) is 0 Å². The Morgan fingerprint density at radius 2 is 2.19 bits per heavy atom. The summed E-state index contributed by atoms with van der Waals surface area (Å²) in [5.41, 5.74) is 3.70. The van der Waals surface area contributed by atoms with Crippen molar-refractivity contribution in [2.75, 3.05) is 23.4 Å². The molecule has 0 aliphatic carbocycles. The molecule has 1 unspecified atom stereocenters. The fourth-order valence-corrected chi connectivity index (χ4v) is 4.65. The Labute approximate surface area is 212 Å². The van der Waals surface area contributed by atoms with Crippen molar-refractivity contribution in [1.29, 1.82) is 5.26 Å². The number of hydrogen-bond acceptors (Lipinski definition) is 6. The lowest BCUT2D eigenvalue weighted by atomic mass is 10.1. The lowest BCUT2D eigenvalue weighted by Crippen LogP contribution is -2.35. The standard InChI is InChI=1S/C25H24ClFN6O3/c26-20-12-16(4-5-21(20)27)30-25(34)32(18-6-8-29-17(11-18)13-28)14-22-19-7-10-35-15-23(19)33(31-22)24-3-1-2-9-36-24/h4-6,8,11-12,24H,1-3,7,9-10,14-15H2,(H,30,34). The Balaban J connectivity index is 1.50. The summed E-state index contributed by atoms with van der Waals surface area (Å²) >= 11 is 5.90. The van der Waals surface area contributed by atoms with Crippen LogP contribution >= 0.6 is 11.6 Å². The Kier molecular flexibility index (Phi) is 7.13. The van der Waals surface area contributed by atoms with Crippen LogP contribution in [0.1, 0.15) is 48.1 Å². The number of nitrogens with zero attached hydrogens (tertiary/aromatic N) is 5. The quantitative estimate of drug-likeness (QED) is 0.520. The second-order valence-electron chi connectivity index (χ2n) is 8.60. The van der Waals surface area contributed by atoms with Crippen LogP contribution in [0.5, 0.6) is 0 Å². The van der Waals surface area contributed by atoms with Crippen molar-refractivity contribution in [2.24, 2.45) is 0 Å². The number of benzene rings is 1. The van der Waals surface area contributed by atoms with E-state index in [4.69, 9.17) is 26.2 Å². The van der Waals surface area contributed by atoms with Crippen molar-refractivity contribution in [3.63, 3.8) is 0 Å². The van der Waals surface area contributed by atoms with Gasteiger partial charge in [0.2, 0.25) is 0 Å². The number of pyridine rings is 1. The van der Waals surface area contributed by atoms with Crippen molar-refractivity contribution in [2.45, 2.75) is 45.1 Å². The van der Waals surface area contributed by atoms with Crippen LogP contribution in [0.4, 0.5) is 20.6 Å². The molecule has 4 heterocycles. The minimum Gasteiger partial charge on any atom is -0.375 e. The van der Waals surface area contributed by atoms with Crippen LogP contribution in [-0.4, -0.2) is 34.0 Å². The first-order valence-corrected chi connectivity index (χ1v) is 12.1. The molecule has 1 atom stereocenters. The van der Waals surface area contributed by atoms with Crippen molar-refractivity contribution in [3.8, 4) is 6.07 Å². The first-order chi connectivity index (χ1) is 17.5. The molecule has 0 radical (unpaired) electrons. The van der Waals surface area contributed by atoms with E-state index in [0.29, 0.717) is 37.6 Å². The fourth-order valence-electron chi connectivity index (χ4n) is 4.47. The van der Waals surface area contributed by atoms with Gasteiger partial charge in [-0.1, -0.05) is 11.6 Å². The molecule has 1 N–H and O–H groups in total. The normalized spacial score (nSPS) is 17.2. The molecule has 3 aromatic rings. The number of fused-ring (bicyclic) bond motifs is 1. The van der Waals surface area contributed by atoms with Gasteiger partial charge in [-0.15, -0.1) is 0 Å². The molecule has 0 saturated carbocycles. The zero-order chi connectivity index (χ0) is 25.1. The molecule has 2 aliphatic heterocycles. The molecule has 1 aromatic carbocycles. The van der Waals surface area contributed by atoms with Crippen LogP contribution in [-0.2, 0) is 29.0 Å². The Morgan fingerprint density at radius 3 is 2.97 bits per heavy atom. The van der Waals surface area contributed by atoms with Crippen LogP contribution in [0.15, 0.2) is 36.5 Å². The summed E-state index contributed by atoms with van der Waals surface area (Å²) in [5.74, 6) is -0.580. The zero-order valence-corrected chi connectivity index (χ0v) is 20.2. The fraction of sp³-hybridized carbons (Fsp3) is 0.360. The van der Waals surface area contributed by atoms with Gasteiger partial charge < -0.3 is 14.8 Å². The lowest BCUT2D eigenvalue weighted by molar-refractivity contribution is -0.0449. The molecular weight excluding hydrogens is 487 g/mol. The van der Waals surface area contributed by atoms with Gasteiger partial charge in [0.25, 0.3) is 0 Å². The number of carbonyl (C=O) groups excluding carboxylic acids is 1. The zero-order valence-electron chi connectivity index (χ0n) is 19.4. The van der Waals surface area contributed by atoms with Gasteiger partial charge in [-0.3, -0.25) is 4.90 Å². The third-order valence-electron chi connectivity index (χ3n) is 6.26. The third-order valence-corrected chi connectivity index (χ3v) is 6.55. The van der Waals surface area contributed by atoms with Gasteiger partial charge >= 0.3 is 6.03 Å². The van der Waals surface area contributed by atoms with E-state index in [-0.39, 0.29) is 23.5 Å². The summed E-state index contributed by atoms with van der Waals surface area (Å²) in [6.45, 7) is 1.80. The second kappa shape index (κ2) is 10.6. The number of aromatic nitrogens is 3. The largest absolute Gasteiger partial charge is 0.375 e. The number of carbonyl (C=O) groups is 1. The highest BCUT2D eigenvalue weighted by molar-refractivity contribution is 6.31. The maximum atomic E-state index is 13.6. The van der Waals surface area contributed by atoms with Crippen LogP contribution in [0.3, 0.4) is 0 Å². The van der Waals surface area contributed by atoms with E-state index in [0.717, 1.165) is 36.2 Å². The molecule has 11 heteroatoms. The highest BCUT2D eigenvalue weighted by Crippen LogP contribution is 2.31. The van der Waals surface area contributed by atoms with E-state index in [9.17, 15) is 14.4 Å². The monoisotopic (exact) mass is 510 g/mol. The Hall–Kier alpha value is -3.52. The highest BCUT2D eigenvalue weighted by Gasteiger charge is 2.29. The second-order valence-corrected chi connectivity index (χ2v) is 9.00. The Morgan fingerprint density at radius 1 is 1.31 bits per heavy atom. The first-order valence-electron chi connectivity index (χ1n) is 11.7. The lowest BCUT2D eigenvalue weighted by Gasteiger charge is -2.25. The number of hydrogen-bond donors (Lipinski definition) is 1. The minimum absolute atomic E-state index is 0.102. The van der Waals surface area contributed by atoms with Crippen molar-refractivity contribution in [1.82, 2.24) is 14.8 Å². The van der Waals surface area contributed by atoms with Gasteiger partial charge in [0, 0.05) is 24.1 Å². The van der Waals surface area contributed by atoms with Gasteiger partial charge in [-0.05, 0) is 56.0 Å². The van der Waals surface area contributed by atoms with E-state index in [1.807, 2.05) is 10.8 Å². The summed E-state index contributed by atoms with van der Waals surface area (Å²) in [7, 11) is 0. The van der Waals surface area contributed by atoms with Crippen molar-refractivity contribution in [3.05, 3.63) is 70.0 Å². The summed E-state index contributed by atoms with van der Waals surface area (Å²) in [5, 5.41) is 16.9. The van der Waals surface area contributed by atoms with Crippen molar-refractivity contribution >= 4 is 29.0 Å². The smallest absolute Gasteiger partial charge is 0.326 e. The van der Waals surface area contributed by atoms with Gasteiger partial charge in [-0.2, -0.15) is 10.4 Å². The average molecular weight is 511 g/mol. The molecule has 5 rings (SSSR count). The van der Waals surface area contributed by atoms with E-state index in [1.54, 1.807) is 6.07 Å². The van der Waals surface area contributed by atoms with Crippen LogP contribution in [0.2, 0.25) is 5.02 Å². The number of nitriles is 1. The van der Waals surface area contributed by atoms with Crippen molar-refractivity contribution < 1.29 is 18.7 Å². The number of ether oxygens (including phenoxy) is 2. The van der Waals surface area contributed by atoms with E-state index in [2.05, 4.69) is 10.3 Å². The van der Waals surface area contributed by atoms with Crippen LogP contribution in [0, 0.1) is 17.1 Å². The predicted octanol–water partition coefficient (Wildman–Crippen LogP) is 4.95. The topological polar surface area (TPSA) is 105 Å². The molecule has 9 nitrogen and oxygen atoms in total. The highest BCUT2D eigenvalue weighted by atomic mass is 35.5. The third kappa shape index (κ3) is 5.04. The van der Waals surface area contributed by atoms with Gasteiger partial charge in [0.1, 0.15) is 17.6 Å². The molecule has 2 aromatic heterocycles. The average Bonchev–Trinajstić information content (AvgIpc) is 3.28. The number of anilines is 2. The minimum atomic E-state index is -0.580. The van der Waals surface area contributed by atoms with Gasteiger partial charge in [0.15, 0.2) is 6.23 Å². The number of urea groups is 1. The molecule has 0 spiro atoms. The molecular formula is C25H24ClFN6O3. The maximum Gasteiger partial charge on any atom is 0.326 e. The SMILES string of the molecule is N#Cc1cc(N(Cc2nn(C3CCCCO3)c3c2CCOC3)C(=O)Nc2ccc(F)c(Cl)c2)ccn1. The van der Waals surface area contributed by atoms with Gasteiger partial charge in [0.05, 0.1) is 41.9 Å². The predicted molar refractivity (Wildman–Crippen MR) is 130 cm³/mol.